The van der Waals surface area contributed by atoms with Crippen LogP contribution in [0.1, 0.15) is 35.3 Å². The fourth-order valence-corrected chi connectivity index (χ4v) is 1.65. The van der Waals surface area contributed by atoms with E-state index in [4.69, 9.17) is 15.2 Å². The van der Waals surface area contributed by atoms with E-state index in [2.05, 4.69) is 0 Å². The summed E-state index contributed by atoms with van der Waals surface area (Å²) in [4.78, 5) is 12.0. The third-order valence-electron chi connectivity index (χ3n) is 2.70. The van der Waals surface area contributed by atoms with Crippen molar-refractivity contribution in [1.29, 1.82) is 0 Å². The number of aryl methyl sites for hydroxylation is 2. The second-order valence-corrected chi connectivity index (χ2v) is 4.40. The molecule has 4 nitrogen and oxygen atoms in total. The first-order valence-electron chi connectivity index (χ1n) is 6.11. The molecule has 0 aromatic heterocycles. The van der Waals surface area contributed by atoms with Crippen molar-refractivity contribution in [3.8, 4) is 0 Å². The SMILES string of the molecule is CCOCC(C)OC(=O)c1cc(N)c(C)cc1C. The van der Waals surface area contributed by atoms with Crippen LogP contribution in [0.4, 0.5) is 5.69 Å². The van der Waals surface area contributed by atoms with Crippen LogP contribution < -0.4 is 5.73 Å². The fraction of sp³-hybridized carbons (Fsp3) is 0.500. The first-order valence-corrected chi connectivity index (χ1v) is 6.11. The maximum Gasteiger partial charge on any atom is 0.338 e. The van der Waals surface area contributed by atoms with Gasteiger partial charge in [0.2, 0.25) is 0 Å². The van der Waals surface area contributed by atoms with Crippen LogP contribution >= 0.6 is 0 Å². The van der Waals surface area contributed by atoms with Crippen molar-refractivity contribution in [2.45, 2.75) is 33.8 Å². The van der Waals surface area contributed by atoms with Gasteiger partial charge in [0.1, 0.15) is 6.10 Å². The molecule has 0 bridgehead atoms. The highest BCUT2D eigenvalue weighted by atomic mass is 16.6. The number of anilines is 1. The minimum absolute atomic E-state index is 0.264. The summed E-state index contributed by atoms with van der Waals surface area (Å²) in [6.07, 6.45) is -0.264. The number of benzene rings is 1. The van der Waals surface area contributed by atoms with Gasteiger partial charge in [-0.05, 0) is 44.9 Å². The summed E-state index contributed by atoms with van der Waals surface area (Å²) in [5.74, 6) is -0.355. The third-order valence-corrected chi connectivity index (χ3v) is 2.70. The van der Waals surface area contributed by atoms with E-state index in [1.54, 1.807) is 13.0 Å². The van der Waals surface area contributed by atoms with Crippen molar-refractivity contribution < 1.29 is 14.3 Å². The molecule has 0 fully saturated rings. The Morgan fingerprint density at radius 3 is 2.61 bits per heavy atom. The molecule has 1 aromatic carbocycles. The monoisotopic (exact) mass is 251 g/mol. The lowest BCUT2D eigenvalue weighted by Crippen LogP contribution is -2.21. The topological polar surface area (TPSA) is 61.5 Å². The second kappa shape index (κ2) is 6.40. The lowest BCUT2D eigenvalue weighted by molar-refractivity contribution is 0.00434. The van der Waals surface area contributed by atoms with Gasteiger partial charge < -0.3 is 15.2 Å². The second-order valence-electron chi connectivity index (χ2n) is 4.40. The zero-order valence-corrected chi connectivity index (χ0v) is 11.4. The van der Waals surface area contributed by atoms with E-state index in [1.807, 2.05) is 26.8 Å². The highest BCUT2D eigenvalue weighted by molar-refractivity contribution is 5.92. The van der Waals surface area contributed by atoms with Crippen LogP contribution in [0, 0.1) is 13.8 Å². The van der Waals surface area contributed by atoms with Crippen LogP contribution in [0.2, 0.25) is 0 Å². The van der Waals surface area contributed by atoms with Gasteiger partial charge in [-0.1, -0.05) is 6.07 Å². The Kier molecular flexibility index (Phi) is 5.16. The number of rotatable bonds is 5. The quantitative estimate of drug-likeness (QED) is 0.645. The smallest absolute Gasteiger partial charge is 0.338 e. The van der Waals surface area contributed by atoms with Crippen molar-refractivity contribution in [2.24, 2.45) is 0 Å². The van der Waals surface area contributed by atoms with Gasteiger partial charge in [-0.15, -0.1) is 0 Å². The maximum atomic E-state index is 12.0. The Labute approximate surface area is 108 Å². The van der Waals surface area contributed by atoms with Crippen LogP contribution in [0.25, 0.3) is 0 Å². The van der Waals surface area contributed by atoms with Gasteiger partial charge in [0, 0.05) is 12.3 Å². The van der Waals surface area contributed by atoms with Crippen LogP contribution in [-0.4, -0.2) is 25.3 Å². The van der Waals surface area contributed by atoms with Crippen molar-refractivity contribution in [3.63, 3.8) is 0 Å². The lowest BCUT2D eigenvalue weighted by atomic mass is 10.0. The number of ether oxygens (including phenoxy) is 2. The minimum Gasteiger partial charge on any atom is -0.457 e. The molecule has 18 heavy (non-hydrogen) atoms. The van der Waals surface area contributed by atoms with Crippen LogP contribution in [-0.2, 0) is 9.47 Å². The highest BCUT2D eigenvalue weighted by Gasteiger charge is 2.15. The van der Waals surface area contributed by atoms with E-state index in [9.17, 15) is 4.79 Å². The first-order chi connectivity index (χ1) is 8.45. The number of hydrogen-bond donors (Lipinski definition) is 1. The molecule has 0 saturated carbocycles. The summed E-state index contributed by atoms with van der Waals surface area (Å²) in [6, 6.07) is 3.56. The van der Waals surface area contributed by atoms with Crippen molar-refractivity contribution in [1.82, 2.24) is 0 Å². The molecule has 0 amide bonds. The van der Waals surface area contributed by atoms with Crippen LogP contribution in [0.5, 0.6) is 0 Å². The van der Waals surface area contributed by atoms with Gasteiger partial charge in [0.05, 0.1) is 12.2 Å². The molecule has 0 spiro atoms. The van der Waals surface area contributed by atoms with Gasteiger partial charge in [-0.3, -0.25) is 0 Å². The molecule has 1 rings (SSSR count). The molecule has 0 aliphatic carbocycles. The molecule has 0 aliphatic heterocycles. The zero-order chi connectivity index (χ0) is 13.7. The van der Waals surface area contributed by atoms with E-state index in [0.717, 1.165) is 11.1 Å². The minimum atomic E-state index is -0.355. The average molecular weight is 251 g/mol. The summed E-state index contributed by atoms with van der Waals surface area (Å²) in [5, 5.41) is 0. The number of hydrogen-bond acceptors (Lipinski definition) is 4. The Balaban J connectivity index is 2.75. The van der Waals surface area contributed by atoms with Gasteiger partial charge in [0.25, 0.3) is 0 Å². The van der Waals surface area contributed by atoms with Crippen LogP contribution in [0.3, 0.4) is 0 Å². The number of esters is 1. The number of carbonyl (C=O) groups is 1. The standard InChI is InChI=1S/C14H21NO3/c1-5-17-8-11(4)18-14(16)12-7-13(15)10(3)6-9(12)2/h6-7,11H,5,8,15H2,1-4H3. The van der Waals surface area contributed by atoms with Gasteiger partial charge in [0.15, 0.2) is 0 Å². The van der Waals surface area contributed by atoms with E-state index >= 15 is 0 Å². The van der Waals surface area contributed by atoms with Gasteiger partial charge in [-0.2, -0.15) is 0 Å². The average Bonchev–Trinajstić information content (AvgIpc) is 2.31. The van der Waals surface area contributed by atoms with E-state index in [-0.39, 0.29) is 12.1 Å². The number of carbonyl (C=O) groups excluding carboxylic acids is 1. The lowest BCUT2D eigenvalue weighted by Gasteiger charge is -2.15. The van der Waals surface area contributed by atoms with E-state index in [0.29, 0.717) is 24.5 Å². The summed E-state index contributed by atoms with van der Waals surface area (Å²) in [6.45, 7) is 8.51. The van der Waals surface area contributed by atoms with Crippen molar-refractivity contribution in [2.75, 3.05) is 18.9 Å². The van der Waals surface area contributed by atoms with Gasteiger partial charge in [-0.25, -0.2) is 4.79 Å². The normalized spacial score (nSPS) is 12.2. The predicted molar refractivity (Wildman–Crippen MR) is 71.7 cm³/mol. The molecule has 1 aromatic rings. The van der Waals surface area contributed by atoms with Crippen molar-refractivity contribution in [3.05, 3.63) is 28.8 Å². The molecule has 2 N–H and O–H groups in total. The third kappa shape index (κ3) is 3.74. The molecule has 1 unspecified atom stereocenters. The number of nitrogen functional groups attached to an aromatic ring is 1. The van der Waals surface area contributed by atoms with E-state index in [1.165, 1.54) is 0 Å². The largest absolute Gasteiger partial charge is 0.457 e. The molecule has 0 saturated heterocycles. The highest BCUT2D eigenvalue weighted by Crippen LogP contribution is 2.19. The molecule has 0 radical (unpaired) electrons. The van der Waals surface area contributed by atoms with Crippen molar-refractivity contribution >= 4 is 11.7 Å². The Morgan fingerprint density at radius 2 is 2.00 bits per heavy atom. The zero-order valence-electron chi connectivity index (χ0n) is 11.4. The Hall–Kier alpha value is -1.55. The Bertz CT molecular complexity index is 429. The first kappa shape index (κ1) is 14.5. The summed E-state index contributed by atoms with van der Waals surface area (Å²) in [7, 11) is 0. The molecule has 0 aliphatic rings. The molecular weight excluding hydrogens is 230 g/mol. The molecule has 100 valence electrons. The number of nitrogens with two attached hydrogens (primary N) is 1. The molecule has 1 atom stereocenters. The summed E-state index contributed by atoms with van der Waals surface area (Å²) in [5.41, 5.74) is 8.76. The Morgan fingerprint density at radius 1 is 1.33 bits per heavy atom. The van der Waals surface area contributed by atoms with Crippen LogP contribution in [0.15, 0.2) is 12.1 Å². The fourth-order valence-electron chi connectivity index (χ4n) is 1.65. The summed E-state index contributed by atoms with van der Waals surface area (Å²) >= 11 is 0. The molecular formula is C14H21NO3. The van der Waals surface area contributed by atoms with Gasteiger partial charge >= 0.3 is 5.97 Å². The summed E-state index contributed by atoms with van der Waals surface area (Å²) < 4.78 is 10.5. The predicted octanol–water partition coefficient (Wildman–Crippen LogP) is 2.47. The molecule has 4 heteroatoms. The van der Waals surface area contributed by atoms with E-state index < -0.39 is 0 Å². The molecule has 0 heterocycles. The maximum absolute atomic E-state index is 12.0.